The molecule has 1 heterocycles. The Bertz CT molecular complexity index is 1110. The predicted molar refractivity (Wildman–Crippen MR) is 120 cm³/mol. The Hall–Kier alpha value is -3.05. The molecule has 1 aromatic heterocycles. The quantitative estimate of drug-likeness (QED) is 0.288. The zero-order chi connectivity index (χ0) is 20.1. The van der Waals surface area contributed by atoms with Gasteiger partial charge < -0.3 is 9.30 Å². The number of thioether (sulfide) groups is 1. The Balaban J connectivity index is 1.55. The normalized spacial score (nSPS) is 10.9. The van der Waals surface area contributed by atoms with Gasteiger partial charge in [0.05, 0.1) is 7.11 Å². The fourth-order valence-electron chi connectivity index (χ4n) is 3.36. The molecule has 5 heteroatoms. The van der Waals surface area contributed by atoms with Crippen molar-refractivity contribution < 1.29 is 4.74 Å². The molecular weight excluding hydrogens is 378 g/mol. The maximum Gasteiger partial charge on any atom is 0.191 e. The maximum atomic E-state index is 5.24. The van der Waals surface area contributed by atoms with Crippen LogP contribution in [0.25, 0.3) is 10.8 Å². The molecule has 0 aliphatic carbocycles. The molecule has 0 saturated carbocycles. The van der Waals surface area contributed by atoms with Gasteiger partial charge >= 0.3 is 0 Å². The van der Waals surface area contributed by atoms with Crippen molar-refractivity contribution in [3.63, 3.8) is 0 Å². The van der Waals surface area contributed by atoms with Gasteiger partial charge in [0.1, 0.15) is 11.6 Å². The summed E-state index contributed by atoms with van der Waals surface area (Å²) in [6.07, 6.45) is 2.61. The van der Waals surface area contributed by atoms with Crippen molar-refractivity contribution >= 4 is 22.5 Å². The van der Waals surface area contributed by atoms with Crippen molar-refractivity contribution in [3.05, 3.63) is 96.3 Å². The van der Waals surface area contributed by atoms with E-state index >= 15 is 0 Å². The van der Waals surface area contributed by atoms with Crippen LogP contribution in [0.1, 0.15) is 17.0 Å². The summed E-state index contributed by atoms with van der Waals surface area (Å²) in [5.74, 6) is 2.64. The van der Waals surface area contributed by atoms with Crippen LogP contribution < -0.4 is 4.74 Å². The second kappa shape index (κ2) is 8.97. The van der Waals surface area contributed by atoms with Crippen LogP contribution in [0.4, 0.5) is 0 Å². The minimum Gasteiger partial charge on any atom is -0.497 e. The van der Waals surface area contributed by atoms with Crippen molar-refractivity contribution in [2.75, 3.05) is 7.11 Å². The van der Waals surface area contributed by atoms with E-state index in [0.717, 1.165) is 28.9 Å². The number of benzene rings is 3. The molecule has 0 atom stereocenters. The lowest BCUT2D eigenvalue weighted by Gasteiger charge is -2.09. The number of fused-ring (bicyclic) bond motifs is 1. The summed E-state index contributed by atoms with van der Waals surface area (Å²) in [5.41, 5.74) is 2.48. The van der Waals surface area contributed by atoms with Gasteiger partial charge in [-0.25, -0.2) is 0 Å². The molecule has 0 fully saturated rings. The first-order valence-corrected chi connectivity index (χ1v) is 10.5. The van der Waals surface area contributed by atoms with Crippen molar-refractivity contribution in [2.24, 2.45) is 0 Å². The van der Waals surface area contributed by atoms with E-state index in [9.17, 15) is 0 Å². The summed E-state index contributed by atoms with van der Waals surface area (Å²) in [6, 6.07) is 23.0. The highest BCUT2D eigenvalue weighted by Gasteiger charge is 2.13. The summed E-state index contributed by atoms with van der Waals surface area (Å²) in [4.78, 5) is 0. The van der Waals surface area contributed by atoms with Crippen LogP contribution in [0.2, 0.25) is 0 Å². The van der Waals surface area contributed by atoms with E-state index in [1.165, 1.54) is 21.9 Å². The van der Waals surface area contributed by atoms with Crippen LogP contribution in [-0.2, 0) is 18.7 Å². The zero-order valence-electron chi connectivity index (χ0n) is 16.4. The zero-order valence-corrected chi connectivity index (χ0v) is 17.2. The number of hydrogen-bond donors (Lipinski definition) is 0. The smallest absolute Gasteiger partial charge is 0.191 e. The van der Waals surface area contributed by atoms with Crippen molar-refractivity contribution in [2.45, 2.75) is 23.9 Å². The minimum absolute atomic E-state index is 0.691. The van der Waals surface area contributed by atoms with Gasteiger partial charge in [-0.2, -0.15) is 0 Å². The van der Waals surface area contributed by atoms with E-state index in [-0.39, 0.29) is 0 Å². The number of ether oxygens (including phenoxy) is 1. The molecule has 29 heavy (non-hydrogen) atoms. The molecule has 0 bridgehead atoms. The highest BCUT2D eigenvalue weighted by atomic mass is 32.2. The summed E-state index contributed by atoms with van der Waals surface area (Å²) in [7, 11) is 1.68. The van der Waals surface area contributed by atoms with E-state index in [2.05, 4.69) is 75.9 Å². The van der Waals surface area contributed by atoms with Gasteiger partial charge in [0.2, 0.25) is 0 Å². The van der Waals surface area contributed by atoms with Crippen LogP contribution in [0.15, 0.2) is 84.5 Å². The SMILES string of the molecule is C=CCn1c(Cc2ccc(OC)cc2)nnc1SCc1cccc2ccccc12. The van der Waals surface area contributed by atoms with Crippen LogP contribution in [0.5, 0.6) is 5.75 Å². The van der Waals surface area contributed by atoms with Crippen LogP contribution >= 0.6 is 11.8 Å². The molecule has 0 unspecified atom stereocenters. The molecule has 4 nitrogen and oxygen atoms in total. The van der Waals surface area contributed by atoms with Gasteiger partial charge in [0.25, 0.3) is 0 Å². The lowest BCUT2D eigenvalue weighted by molar-refractivity contribution is 0.414. The van der Waals surface area contributed by atoms with Gasteiger partial charge in [-0.05, 0) is 34.0 Å². The molecule has 0 radical (unpaired) electrons. The lowest BCUT2D eigenvalue weighted by Crippen LogP contribution is -2.05. The third-order valence-electron chi connectivity index (χ3n) is 4.86. The molecule has 0 aliphatic heterocycles. The van der Waals surface area contributed by atoms with Gasteiger partial charge in [-0.3, -0.25) is 0 Å². The second-order valence-corrected chi connectivity index (χ2v) is 7.69. The Morgan fingerprint density at radius 3 is 2.59 bits per heavy atom. The molecule has 0 saturated heterocycles. The first-order chi connectivity index (χ1) is 14.3. The molecule has 146 valence electrons. The second-order valence-electron chi connectivity index (χ2n) is 6.75. The monoisotopic (exact) mass is 401 g/mol. The van der Waals surface area contributed by atoms with E-state index in [4.69, 9.17) is 4.74 Å². The summed E-state index contributed by atoms with van der Waals surface area (Å²) in [5, 5.41) is 12.4. The number of methoxy groups -OCH3 is 1. The van der Waals surface area contributed by atoms with Gasteiger partial charge in [0, 0.05) is 18.7 Å². The van der Waals surface area contributed by atoms with Crippen LogP contribution in [0, 0.1) is 0 Å². The Kier molecular flexibility index (Phi) is 5.96. The van der Waals surface area contributed by atoms with Gasteiger partial charge in [-0.15, -0.1) is 16.8 Å². The molecule has 0 spiro atoms. The Morgan fingerprint density at radius 2 is 1.79 bits per heavy atom. The van der Waals surface area contributed by atoms with Crippen molar-refractivity contribution in [1.82, 2.24) is 14.8 Å². The molecule has 0 amide bonds. The van der Waals surface area contributed by atoms with E-state index < -0.39 is 0 Å². The lowest BCUT2D eigenvalue weighted by atomic mass is 10.1. The van der Waals surface area contributed by atoms with Crippen LogP contribution in [-0.4, -0.2) is 21.9 Å². The van der Waals surface area contributed by atoms with E-state index in [0.29, 0.717) is 6.54 Å². The fourth-order valence-corrected chi connectivity index (χ4v) is 4.33. The molecule has 0 N–H and O–H groups in total. The first-order valence-electron chi connectivity index (χ1n) is 9.54. The largest absolute Gasteiger partial charge is 0.497 e. The molecule has 4 aromatic rings. The third kappa shape index (κ3) is 4.35. The number of nitrogens with zero attached hydrogens (tertiary/aromatic N) is 3. The van der Waals surface area contributed by atoms with Gasteiger partial charge in [0.15, 0.2) is 5.16 Å². The number of allylic oxidation sites excluding steroid dienone is 1. The Labute approximate surface area is 175 Å². The average molecular weight is 402 g/mol. The predicted octanol–water partition coefficient (Wildman–Crippen LogP) is 5.51. The van der Waals surface area contributed by atoms with E-state index in [1.807, 2.05) is 18.2 Å². The average Bonchev–Trinajstić information content (AvgIpc) is 3.14. The molecule has 4 rings (SSSR count). The number of aromatic nitrogens is 3. The Morgan fingerprint density at radius 1 is 1.00 bits per heavy atom. The van der Waals surface area contributed by atoms with E-state index in [1.54, 1.807) is 18.9 Å². The minimum atomic E-state index is 0.691. The maximum absolute atomic E-state index is 5.24. The molecule has 3 aromatic carbocycles. The molecular formula is C24H23N3OS. The summed E-state index contributed by atoms with van der Waals surface area (Å²) < 4.78 is 7.39. The highest BCUT2D eigenvalue weighted by molar-refractivity contribution is 7.98. The standard InChI is InChI=1S/C24H23N3OS/c1-3-15-27-23(16-18-11-13-21(28-2)14-12-18)25-26-24(27)29-17-20-9-6-8-19-7-4-5-10-22(19)20/h3-14H,1,15-17H2,2H3. The van der Waals surface area contributed by atoms with Crippen LogP contribution in [0.3, 0.4) is 0 Å². The summed E-state index contributed by atoms with van der Waals surface area (Å²) in [6.45, 7) is 4.60. The fraction of sp³-hybridized carbons (Fsp3) is 0.167. The van der Waals surface area contributed by atoms with Crippen molar-refractivity contribution in [3.8, 4) is 5.75 Å². The number of hydrogen-bond acceptors (Lipinski definition) is 4. The van der Waals surface area contributed by atoms with Crippen molar-refractivity contribution in [1.29, 1.82) is 0 Å². The van der Waals surface area contributed by atoms with Gasteiger partial charge in [-0.1, -0.05) is 72.4 Å². The topological polar surface area (TPSA) is 39.9 Å². The highest BCUT2D eigenvalue weighted by Crippen LogP contribution is 2.27. The third-order valence-corrected chi connectivity index (χ3v) is 5.88. The molecule has 0 aliphatic rings. The number of rotatable bonds is 8. The summed E-state index contributed by atoms with van der Waals surface area (Å²) >= 11 is 1.71. The first kappa shape index (κ1) is 19.3.